The van der Waals surface area contributed by atoms with Crippen LogP contribution in [0.1, 0.15) is 29.7 Å². The second kappa shape index (κ2) is 11.3. The predicted molar refractivity (Wildman–Crippen MR) is 145 cm³/mol. The zero-order valence-corrected chi connectivity index (χ0v) is 21.6. The summed E-state index contributed by atoms with van der Waals surface area (Å²) >= 11 is 0. The lowest BCUT2D eigenvalue weighted by Gasteiger charge is -2.26. The van der Waals surface area contributed by atoms with Crippen molar-refractivity contribution in [1.82, 2.24) is 4.90 Å². The second-order valence-corrected chi connectivity index (χ2v) is 9.01. The van der Waals surface area contributed by atoms with Crippen LogP contribution in [0, 0.1) is 0 Å². The normalized spacial score (nSPS) is 17.7. The number of ketones is 1. The summed E-state index contributed by atoms with van der Waals surface area (Å²) in [4.78, 5) is 28.4. The fourth-order valence-corrected chi connectivity index (χ4v) is 4.75. The van der Waals surface area contributed by atoms with E-state index in [1.165, 1.54) is 4.90 Å². The van der Waals surface area contributed by atoms with E-state index in [1.54, 1.807) is 42.5 Å². The van der Waals surface area contributed by atoms with Crippen LogP contribution in [0.2, 0.25) is 0 Å². The molecule has 1 atom stereocenters. The zero-order chi connectivity index (χ0) is 27.4. The Labute approximate surface area is 226 Å². The summed E-state index contributed by atoms with van der Waals surface area (Å²) in [6.45, 7) is 7.19. The molecule has 0 bridgehead atoms. The number of rotatable bonds is 9. The Kier molecular flexibility index (Phi) is 7.54. The van der Waals surface area contributed by atoms with Crippen molar-refractivity contribution < 1.29 is 33.6 Å². The summed E-state index contributed by atoms with van der Waals surface area (Å²) < 4.78 is 22.8. The predicted octanol–water partition coefficient (Wildman–Crippen LogP) is 5.04. The summed E-state index contributed by atoms with van der Waals surface area (Å²) in [6, 6.07) is 18.7. The first-order valence-corrected chi connectivity index (χ1v) is 12.7. The molecule has 39 heavy (non-hydrogen) atoms. The van der Waals surface area contributed by atoms with E-state index in [-0.39, 0.29) is 24.5 Å². The Balaban J connectivity index is 1.64. The molecule has 0 aromatic heterocycles. The number of benzene rings is 3. The molecule has 2 heterocycles. The number of hydrogen-bond acceptors (Lipinski definition) is 7. The van der Waals surface area contributed by atoms with E-state index < -0.39 is 17.7 Å². The summed E-state index contributed by atoms with van der Waals surface area (Å²) in [5.41, 5.74) is 1.77. The molecule has 3 aromatic rings. The first kappa shape index (κ1) is 25.9. The third-order valence-electron chi connectivity index (χ3n) is 6.49. The molecule has 1 saturated heterocycles. The molecule has 200 valence electrons. The van der Waals surface area contributed by atoms with Gasteiger partial charge < -0.3 is 29.0 Å². The molecule has 0 radical (unpaired) electrons. The van der Waals surface area contributed by atoms with Gasteiger partial charge in [-0.1, -0.05) is 49.1 Å². The third kappa shape index (κ3) is 5.18. The number of hydrogen-bond donors (Lipinski definition) is 1. The van der Waals surface area contributed by atoms with E-state index in [4.69, 9.17) is 18.9 Å². The fraction of sp³-hybridized carbons (Fsp3) is 0.226. The minimum Gasteiger partial charge on any atom is -0.507 e. The van der Waals surface area contributed by atoms with Crippen molar-refractivity contribution in [3.05, 3.63) is 102 Å². The molecular weight excluding hydrogens is 498 g/mol. The van der Waals surface area contributed by atoms with E-state index in [0.717, 1.165) is 5.56 Å². The highest BCUT2D eigenvalue weighted by Gasteiger charge is 2.46. The molecular formula is C31H29NO7. The van der Waals surface area contributed by atoms with Crippen molar-refractivity contribution in [2.24, 2.45) is 0 Å². The Morgan fingerprint density at radius 2 is 1.77 bits per heavy atom. The van der Waals surface area contributed by atoms with Gasteiger partial charge in [0.2, 0.25) is 0 Å². The van der Waals surface area contributed by atoms with Gasteiger partial charge in [-0.05, 0) is 48.4 Å². The third-order valence-corrected chi connectivity index (χ3v) is 6.49. The van der Waals surface area contributed by atoms with Crippen LogP contribution in [0.5, 0.6) is 23.0 Å². The quantitative estimate of drug-likeness (QED) is 0.180. The van der Waals surface area contributed by atoms with Gasteiger partial charge >= 0.3 is 0 Å². The van der Waals surface area contributed by atoms with Gasteiger partial charge in [0, 0.05) is 12.1 Å². The number of fused-ring (bicyclic) bond motifs is 1. The second-order valence-electron chi connectivity index (χ2n) is 9.01. The van der Waals surface area contributed by atoms with Gasteiger partial charge in [0.25, 0.3) is 11.7 Å². The van der Waals surface area contributed by atoms with Gasteiger partial charge in [0.15, 0.2) is 23.0 Å². The average molecular weight is 528 g/mol. The van der Waals surface area contributed by atoms with Crippen LogP contribution in [0.25, 0.3) is 5.76 Å². The number of carbonyl (C=O) groups excluding carboxylic acids is 2. The van der Waals surface area contributed by atoms with Gasteiger partial charge in [-0.2, -0.15) is 0 Å². The first-order valence-electron chi connectivity index (χ1n) is 12.7. The Bertz CT molecular complexity index is 1430. The molecule has 1 fully saturated rings. The molecule has 8 heteroatoms. The molecule has 2 aliphatic heterocycles. The lowest BCUT2D eigenvalue weighted by Crippen LogP contribution is -2.29. The van der Waals surface area contributed by atoms with E-state index >= 15 is 0 Å². The van der Waals surface area contributed by atoms with Crippen molar-refractivity contribution in [3.63, 3.8) is 0 Å². The molecule has 0 spiro atoms. The monoisotopic (exact) mass is 527 g/mol. The van der Waals surface area contributed by atoms with Gasteiger partial charge in [-0.3, -0.25) is 9.59 Å². The van der Waals surface area contributed by atoms with Gasteiger partial charge in [0.05, 0.1) is 18.2 Å². The van der Waals surface area contributed by atoms with Crippen molar-refractivity contribution in [1.29, 1.82) is 0 Å². The number of Topliss-reactive ketones (excluding diaryl/α,β-unsaturated/α-hetero) is 1. The molecule has 8 nitrogen and oxygen atoms in total. The number of aliphatic hydroxyl groups is 1. The van der Waals surface area contributed by atoms with Crippen LogP contribution in [0.3, 0.4) is 0 Å². The number of nitrogens with zero attached hydrogens (tertiary/aromatic N) is 1. The van der Waals surface area contributed by atoms with Crippen molar-refractivity contribution in [2.45, 2.75) is 19.5 Å². The maximum absolute atomic E-state index is 13.5. The lowest BCUT2D eigenvalue weighted by atomic mass is 9.94. The van der Waals surface area contributed by atoms with E-state index in [0.29, 0.717) is 53.9 Å². The van der Waals surface area contributed by atoms with Crippen molar-refractivity contribution >= 4 is 17.4 Å². The van der Waals surface area contributed by atoms with Crippen LogP contribution < -0.4 is 18.9 Å². The number of aliphatic hydroxyl groups excluding tert-OH is 1. The summed E-state index contributed by atoms with van der Waals surface area (Å²) in [5.74, 6) is 0.212. The number of carbonyl (C=O) groups is 2. The van der Waals surface area contributed by atoms with Gasteiger partial charge in [-0.15, -0.1) is 0 Å². The molecule has 1 N–H and O–H groups in total. The SMILES string of the molecule is C=CCOc1ccc([C@H]2C(=C(O)c3ccc4c(c3)OCCO4)C(=O)C(=O)N2Cc2ccccc2)cc1OCC. The smallest absolute Gasteiger partial charge is 0.295 e. The molecule has 1 amide bonds. The Morgan fingerprint density at radius 3 is 2.51 bits per heavy atom. The van der Waals surface area contributed by atoms with Crippen LogP contribution in [-0.4, -0.2) is 48.1 Å². The van der Waals surface area contributed by atoms with Crippen LogP contribution in [-0.2, 0) is 16.1 Å². The number of likely N-dealkylation sites (tertiary alicyclic amines) is 1. The molecule has 0 aliphatic carbocycles. The molecule has 0 saturated carbocycles. The highest BCUT2D eigenvalue weighted by atomic mass is 16.6. The number of ether oxygens (including phenoxy) is 4. The van der Waals surface area contributed by atoms with E-state index in [1.807, 2.05) is 37.3 Å². The fourth-order valence-electron chi connectivity index (χ4n) is 4.75. The summed E-state index contributed by atoms with van der Waals surface area (Å²) in [5, 5.41) is 11.5. The molecule has 3 aromatic carbocycles. The van der Waals surface area contributed by atoms with Crippen LogP contribution in [0.4, 0.5) is 0 Å². The Morgan fingerprint density at radius 1 is 1.00 bits per heavy atom. The van der Waals surface area contributed by atoms with Gasteiger partial charge in [0.1, 0.15) is 25.6 Å². The summed E-state index contributed by atoms with van der Waals surface area (Å²) in [6.07, 6.45) is 1.63. The standard InChI is InChI=1S/C31H29NO7/c1-3-14-37-23-12-10-21(17-25(23)36-4-2)28-27(29(33)22-11-13-24-26(18-22)39-16-15-38-24)30(34)31(35)32(28)19-20-8-6-5-7-9-20/h3,5-13,17-18,28,33H,1,4,14-16,19H2,2H3/t28-/m0/s1. The summed E-state index contributed by atoms with van der Waals surface area (Å²) in [7, 11) is 0. The molecule has 2 aliphatic rings. The topological polar surface area (TPSA) is 94.5 Å². The highest BCUT2D eigenvalue weighted by molar-refractivity contribution is 6.46. The maximum Gasteiger partial charge on any atom is 0.295 e. The van der Waals surface area contributed by atoms with Gasteiger partial charge in [-0.25, -0.2) is 0 Å². The minimum atomic E-state index is -0.869. The van der Waals surface area contributed by atoms with E-state index in [2.05, 4.69) is 6.58 Å². The zero-order valence-electron chi connectivity index (χ0n) is 21.6. The first-order chi connectivity index (χ1) is 19.0. The van der Waals surface area contributed by atoms with Crippen LogP contribution in [0.15, 0.2) is 85.0 Å². The lowest BCUT2D eigenvalue weighted by molar-refractivity contribution is -0.140. The number of amides is 1. The minimum absolute atomic E-state index is 0.0187. The maximum atomic E-state index is 13.5. The van der Waals surface area contributed by atoms with Crippen molar-refractivity contribution in [2.75, 3.05) is 26.4 Å². The van der Waals surface area contributed by atoms with Crippen LogP contribution >= 0.6 is 0 Å². The molecule has 5 rings (SSSR count). The largest absolute Gasteiger partial charge is 0.507 e. The van der Waals surface area contributed by atoms with Crippen molar-refractivity contribution in [3.8, 4) is 23.0 Å². The average Bonchev–Trinajstić information content (AvgIpc) is 3.21. The van der Waals surface area contributed by atoms with E-state index in [9.17, 15) is 14.7 Å². The Hall–Kier alpha value is -4.72. The molecule has 0 unspecified atom stereocenters. The highest BCUT2D eigenvalue weighted by Crippen LogP contribution is 2.43.